The van der Waals surface area contributed by atoms with E-state index in [-0.39, 0.29) is 17.7 Å². The van der Waals surface area contributed by atoms with Gasteiger partial charge in [0.05, 0.1) is 6.54 Å². The molecule has 1 saturated heterocycles. The number of aromatic nitrogens is 2. The summed E-state index contributed by atoms with van der Waals surface area (Å²) in [6.45, 7) is 5.65. The highest BCUT2D eigenvalue weighted by Gasteiger charge is 2.30. The predicted octanol–water partition coefficient (Wildman–Crippen LogP) is 2.99. The summed E-state index contributed by atoms with van der Waals surface area (Å²) in [7, 11) is 0. The minimum absolute atomic E-state index is 0.117. The van der Waals surface area contributed by atoms with Crippen molar-refractivity contribution >= 4 is 17.6 Å². The molecule has 2 amide bonds. The van der Waals surface area contributed by atoms with E-state index in [0.717, 1.165) is 54.4 Å². The van der Waals surface area contributed by atoms with Gasteiger partial charge < -0.3 is 4.90 Å². The van der Waals surface area contributed by atoms with Crippen molar-refractivity contribution in [3.63, 3.8) is 0 Å². The van der Waals surface area contributed by atoms with Crippen molar-refractivity contribution in [1.29, 1.82) is 0 Å². The number of amides is 2. The van der Waals surface area contributed by atoms with Crippen LogP contribution in [0, 0.1) is 6.92 Å². The minimum atomic E-state index is 0.117. The maximum atomic E-state index is 12.7. The van der Waals surface area contributed by atoms with Gasteiger partial charge in [-0.3, -0.25) is 14.5 Å². The summed E-state index contributed by atoms with van der Waals surface area (Å²) in [5, 5.41) is 0. The van der Waals surface area contributed by atoms with Crippen molar-refractivity contribution in [2.24, 2.45) is 0 Å². The Bertz CT molecular complexity index is 889. The van der Waals surface area contributed by atoms with Crippen LogP contribution in [0.1, 0.15) is 54.7 Å². The molecule has 0 N–H and O–H groups in total. The Labute approximate surface area is 165 Å². The molecule has 1 aromatic carbocycles. The number of fused-ring (bicyclic) bond motifs is 1. The SMILES string of the molecule is CC(=O)N1CCC(c2nc(C)c3c(n2)N(Cc2ccccc2)C(=O)CC3)CC1. The quantitative estimate of drug-likeness (QED) is 0.824. The Kier molecular flexibility index (Phi) is 5.11. The van der Waals surface area contributed by atoms with Gasteiger partial charge in [-0.1, -0.05) is 30.3 Å². The van der Waals surface area contributed by atoms with Crippen molar-refractivity contribution in [2.75, 3.05) is 18.0 Å². The summed E-state index contributed by atoms with van der Waals surface area (Å²) in [5.74, 6) is 2.06. The molecule has 6 nitrogen and oxygen atoms in total. The molecule has 146 valence electrons. The standard InChI is InChI=1S/C22H26N4O2/c1-15-19-8-9-20(28)26(14-17-6-4-3-5-7-17)22(19)24-21(23-15)18-10-12-25(13-11-18)16(2)27/h3-7,18H,8-14H2,1-2H3. The molecule has 0 radical (unpaired) electrons. The number of anilines is 1. The lowest BCUT2D eigenvalue weighted by atomic mass is 9.95. The Morgan fingerprint density at radius 2 is 1.82 bits per heavy atom. The molecule has 0 saturated carbocycles. The Hall–Kier alpha value is -2.76. The molecule has 3 heterocycles. The van der Waals surface area contributed by atoms with Crippen LogP contribution in [-0.4, -0.2) is 39.8 Å². The topological polar surface area (TPSA) is 66.4 Å². The summed E-state index contributed by atoms with van der Waals surface area (Å²) in [6.07, 6.45) is 2.93. The molecular weight excluding hydrogens is 352 g/mol. The predicted molar refractivity (Wildman–Crippen MR) is 107 cm³/mol. The summed E-state index contributed by atoms with van der Waals surface area (Å²) >= 11 is 0. The van der Waals surface area contributed by atoms with Crippen molar-refractivity contribution in [1.82, 2.24) is 14.9 Å². The molecule has 0 atom stereocenters. The van der Waals surface area contributed by atoms with Crippen molar-refractivity contribution in [3.05, 3.63) is 53.0 Å². The molecule has 2 aliphatic rings. The van der Waals surface area contributed by atoms with Crippen LogP contribution in [0.15, 0.2) is 30.3 Å². The fraction of sp³-hybridized carbons (Fsp3) is 0.455. The monoisotopic (exact) mass is 378 g/mol. The number of aryl methyl sites for hydroxylation is 1. The number of benzene rings is 1. The van der Waals surface area contributed by atoms with Gasteiger partial charge in [0.25, 0.3) is 0 Å². The molecule has 0 bridgehead atoms. The van der Waals surface area contributed by atoms with Crippen molar-refractivity contribution in [3.8, 4) is 0 Å². The van der Waals surface area contributed by atoms with Crippen LogP contribution in [0.4, 0.5) is 5.82 Å². The third kappa shape index (κ3) is 3.63. The first kappa shape index (κ1) is 18.6. The molecule has 4 rings (SSSR count). The molecule has 2 aliphatic heterocycles. The fourth-order valence-electron chi connectivity index (χ4n) is 4.17. The smallest absolute Gasteiger partial charge is 0.228 e. The van der Waals surface area contributed by atoms with Crippen LogP contribution in [0.5, 0.6) is 0 Å². The molecule has 28 heavy (non-hydrogen) atoms. The highest BCUT2D eigenvalue weighted by molar-refractivity contribution is 5.95. The van der Waals surface area contributed by atoms with Gasteiger partial charge in [0.15, 0.2) is 0 Å². The van der Waals surface area contributed by atoms with Gasteiger partial charge in [-0.05, 0) is 31.7 Å². The molecule has 0 aliphatic carbocycles. The zero-order valence-electron chi connectivity index (χ0n) is 16.5. The second-order valence-corrected chi connectivity index (χ2v) is 7.72. The van der Waals surface area contributed by atoms with Crippen LogP contribution in [0.3, 0.4) is 0 Å². The Morgan fingerprint density at radius 3 is 2.50 bits per heavy atom. The van der Waals surface area contributed by atoms with Gasteiger partial charge >= 0.3 is 0 Å². The normalized spacial score (nSPS) is 17.6. The average Bonchev–Trinajstić information content (AvgIpc) is 2.71. The van der Waals surface area contributed by atoms with Crippen LogP contribution < -0.4 is 4.90 Å². The average molecular weight is 378 g/mol. The number of hydrogen-bond acceptors (Lipinski definition) is 4. The lowest BCUT2D eigenvalue weighted by Crippen LogP contribution is -2.38. The molecule has 2 aromatic rings. The van der Waals surface area contributed by atoms with Crippen molar-refractivity contribution in [2.45, 2.75) is 52.0 Å². The fourth-order valence-corrected chi connectivity index (χ4v) is 4.17. The number of nitrogens with zero attached hydrogens (tertiary/aromatic N) is 4. The van der Waals surface area contributed by atoms with Crippen LogP contribution in [0.25, 0.3) is 0 Å². The largest absolute Gasteiger partial charge is 0.343 e. The van der Waals surface area contributed by atoms with E-state index in [2.05, 4.69) is 0 Å². The first-order valence-electron chi connectivity index (χ1n) is 10.00. The number of hydrogen-bond donors (Lipinski definition) is 0. The zero-order valence-corrected chi connectivity index (χ0v) is 16.5. The van der Waals surface area contributed by atoms with Gasteiger partial charge in [-0.2, -0.15) is 0 Å². The van der Waals surface area contributed by atoms with Gasteiger partial charge in [-0.15, -0.1) is 0 Å². The van der Waals surface area contributed by atoms with Crippen LogP contribution in [0.2, 0.25) is 0 Å². The lowest BCUT2D eigenvalue weighted by Gasteiger charge is -2.33. The maximum absolute atomic E-state index is 12.7. The first-order chi connectivity index (χ1) is 13.5. The number of rotatable bonds is 3. The van der Waals surface area contributed by atoms with Gasteiger partial charge in [0, 0.05) is 43.6 Å². The molecule has 0 unspecified atom stereocenters. The summed E-state index contributed by atoms with van der Waals surface area (Å²) < 4.78 is 0. The van der Waals surface area contributed by atoms with Crippen molar-refractivity contribution < 1.29 is 9.59 Å². The number of likely N-dealkylation sites (tertiary alicyclic amines) is 1. The number of carbonyl (C=O) groups excluding carboxylic acids is 2. The molecule has 1 fully saturated rings. The highest BCUT2D eigenvalue weighted by atomic mass is 16.2. The number of carbonyl (C=O) groups is 2. The summed E-state index contributed by atoms with van der Waals surface area (Å²) in [5.41, 5.74) is 3.15. The second kappa shape index (κ2) is 7.70. The van der Waals surface area contributed by atoms with Crippen LogP contribution >= 0.6 is 0 Å². The molecular formula is C22H26N4O2. The Balaban J connectivity index is 1.63. The second-order valence-electron chi connectivity index (χ2n) is 7.72. The lowest BCUT2D eigenvalue weighted by molar-refractivity contribution is -0.129. The Morgan fingerprint density at radius 1 is 1.11 bits per heavy atom. The summed E-state index contributed by atoms with van der Waals surface area (Å²) in [6, 6.07) is 10.0. The maximum Gasteiger partial charge on any atom is 0.228 e. The third-order valence-corrected chi connectivity index (χ3v) is 5.84. The van der Waals surface area contributed by atoms with E-state index in [1.54, 1.807) is 6.92 Å². The van der Waals surface area contributed by atoms with E-state index in [0.29, 0.717) is 19.4 Å². The zero-order chi connectivity index (χ0) is 19.7. The van der Waals surface area contributed by atoms with E-state index < -0.39 is 0 Å². The molecule has 0 spiro atoms. The number of piperidine rings is 1. The van der Waals surface area contributed by atoms with E-state index in [1.807, 2.05) is 47.1 Å². The first-order valence-corrected chi connectivity index (χ1v) is 10.00. The third-order valence-electron chi connectivity index (χ3n) is 5.84. The van der Waals surface area contributed by atoms with E-state index >= 15 is 0 Å². The van der Waals surface area contributed by atoms with Gasteiger partial charge in [0.1, 0.15) is 11.6 Å². The molecule has 6 heteroatoms. The van der Waals surface area contributed by atoms with Crippen LogP contribution in [-0.2, 0) is 22.6 Å². The minimum Gasteiger partial charge on any atom is -0.343 e. The highest BCUT2D eigenvalue weighted by Crippen LogP contribution is 2.33. The van der Waals surface area contributed by atoms with Gasteiger partial charge in [-0.25, -0.2) is 9.97 Å². The molecule has 1 aromatic heterocycles. The summed E-state index contributed by atoms with van der Waals surface area (Å²) in [4.78, 5) is 37.7. The van der Waals surface area contributed by atoms with E-state index in [9.17, 15) is 9.59 Å². The van der Waals surface area contributed by atoms with E-state index in [1.165, 1.54) is 0 Å². The van der Waals surface area contributed by atoms with E-state index in [4.69, 9.17) is 9.97 Å². The van der Waals surface area contributed by atoms with Gasteiger partial charge in [0.2, 0.25) is 11.8 Å².